The molecule has 22 heavy (non-hydrogen) atoms. The highest BCUT2D eigenvalue weighted by atomic mass is 32.2. The maximum atomic E-state index is 11.1. The molecule has 0 saturated carbocycles. The van der Waals surface area contributed by atoms with Crippen molar-refractivity contribution < 1.29 is 13.8 Å². The summed E-state index contributed by atoms with van der Waals surface area (Å²) in [5.74, 6) is 0.991. The molecule has 0 bridgehead atoms. The lowest BCUT2D eigenvalue weighted by Gasteiger charge is -2.00. The van der Waals surface area contributed by atoms with Crippen LogP contribution >= 0.6 is 11.8 Å². The van der Waals surface area contributed by atoms with E-state index in [0.29, 0.717) is 22.1 Å². The standard InChI is InChI=1S/C14H11N3O4S/c1-8-3-4-12(11(7-8)17(18)19)22-14-16-15-13(21-14)10-5-6-20-9(10)2/h3-7H,1-2H3. The van der Waals surface area contributed by atoms with Crippen molar-refractivity contribution in [3.05, 3.63) is 52.0 Å². The molecule has 0 unspecified atom stereocenters. The molecule has 0 atom stereocenters. The summed E-state index contributed by atoms with van der Waals surface area (Å²) < 4.78 is 10.7. The first-order chi connectivity index (χ1) is 10.5. The molecule has 0 aliphatic rings. The van der Waals surface area contributed by atoms with Crippen LogP contribution in [0.2, 0.25) is 0 Å². The number of aryl methyl sites for hydroxylation is 2. The third-order valence-corrected chi connectivity index (χ3v) is 3.91. The lowest BCUT2D eigenvalue weighted by Crippen LogP contribution is -1.91. The summed E-state index contributed by atoms with van der Waals surface area (Å²) >= 11 is 1.06. The average molecular weight is 317 g/mol. The first-order valence-electron chi connectivity index (χ1n) is 6.35. The van der Waals surface area contributed by atoms with Gasteiger partial charge < -0.3 is 8.83 Å². The van der Waals surface area contributed by atoms with Gasteiger partial charge in [0.2, 0.25) is 0 Å². The Morgan fingerprint density at radius 3 is 2.73 bits per heavy atom. The van der Waals surface area contributed by atoms with Crippen molar-refractivity contribution in [2.24, 2.45) is 0 Å². The van der Waals surface area contributed by atoms with E-state index in [9.17, 15) is 10.1 Å². The summed E-state index contributed by atoms with van der Waals surface area (Å²) in [5, 5.41) is 19.2. The third kappa shape index (κ3) is 2.73. The molecule has 3 aromatic rings. The molecular weight excluding hydrogens is 306 g/mol. The SMILES string of the molecule is Cc1ccc(Sc2nnc(-c3ccoc3C)o2)c([N+](=O)[O-])c1. The fourth-order valence-corrected chi connectivity index (χ4v) is 2.68. The van der Waals surface area contributed by atoms with Crippen LogP contribution in [0.15, 0.2) is 49.5 Å². The first-order valence-corrected chi connectivity index (χ1v) is 7.17. The fraction of sp³-hybridized carbons (Fsp3) is 0.143. The quantitative estimate of drug-likeness (QED) is 0.530. The van der Waals surface area contributed by atoms with Crippen molar-refractivity contribution >= 4 is 17.4 Å². The van der Waals surface area contributed by atoms with Gasteiger partial charge in [0.25, 0.3) is 16.8 Å². The van der Waals surface area contributed by atoms with Gasteiger partial charge in [0, 0.05) is 6.07 Å². The van der Waals surface area contributed by atoms with Crippen LogP contribution < -0.4 is 0 Å². The number of aromatic nitrogens is 2. The van der Waals surface area contributed by atoms with Gasteiger partial charge in [0.1, 0.15) is 5.76 Å². The van der Waals surface area contributed by atoms with E-state index in [1.54, 1.807) is 32.0 Å². The summed E-state index contributed by atoms with van der Waals surface area (Å²) in [4.78, 5) is 11.1. The summed E-state index contributed by atoms with van der Waals surface area (Å²) in [6.07, 6.45) is 1.53. The summed E-state index contributed by atoms with van der Waals surface area (Å²) in [5.41, 5.74) is 1.54. The van der Waals surface area contributed by atoms with Crippen molar-refractivity contribution in [1.82, 2.24) is 10.2 Å². The van der Waals surface area contributed by atoms with E-state index in [-0.39, 0.29) is 10.9 Å². The molecule has 0 amide bonds. The molecule has 0 saturated heterocycles. The van der Waals surface area contributed by atoms with Crippen LogP contribution in [0.5, 0.6) is 0 Å². The number of nitro groups is 1. The fourth-order valence-electron chi connectivity index (χ4n) is 1.92. The van der Waals surface area contributed by atoms with Crippen molar-refractivity contribution in [1.29, 1.82) is 0 Å². The molecule has 2 heterocycles. The zero-order valence-electron chi connectivity index (χ0n) is 11.8. The van der Waals surface area contributed by atoms with Gasteiger partial charge in [-0.15, -0.1) is 10.2 Å². The Morgan fingerprint density at radius 1 is 1.23 bits per heavy atom. The molecule has 0 N–H and O–H groups in total. The van der Waals surface area contributed by atoms with E-state index < -0.39 is 4.92 Å². The molecule has 7 nitrogen and oxygen atoms in total. The van der Waals surface area contributed by atoms with Crippen LogP contribution in [-0.4, -0.2) is 15.1 Å². The molecule has 0 aliphatic heterocycles. The minimum atomic E-state index is -0.424. The highest BCUT2D eigenvalue weighted by Crippen LogP contribution is 2.36. The molecule has 0 fully saturated rings. The molecule has 0 spiro atoms. The maximum absolute atomic E-state index is 11.1. The summed E-state index contributed by atoms with van der Waals surface area (Å²) in [6, 6.07) is 6.71. The van der Waals surface area contributed by atoms with E-state index in [4.69, 9.17) is 8.83 Å². The van der Waals surface area contributed by atoms with Crippen LogP contribution in [0.4, 0.5) is 5.69 Å². The Labute approximate surface area is 129 Å². The largest absolute Gasteiger partial charge is 0.469 e. The van der Waals surface area contributed by atoms with Crippen LogP contribution in [0.3, 0.4) is 0 Å². The Bertz CT molecular complexity index is 840. The van der Waals surface area contributed by atoms with E-state index in [2.05, 4.69) is 10.2 Å². The number of rotatable bonds is 4. The second-order valence-electron chi connectivity index (χ2n) is 4.59. The molecule has 0 radical (unpaired) electrons. The van der Waals surface area contributed by atoms with Crippen LogP contribution in [0.1, 0.15) is 11.3 Å². The minimum Gasteiger partial charge on any atom is -0.469 e. The number of furan rings is 1. The Kier molecular flexibility index (Phi) is 3.68. The van der Waals surface area contributed by atoms with E-state index in [1.165, 1.54) is 12.3 Å². The molecular formula is C14H11N3O4S. The van der Waals surface area contributed by atoms with Gasteiger partial charge in [-0.25, -0.2) is 0 Å². The third-order valence-electron chi connectivity index (χ3n) is 3.00. The highest BCUT2D eigenvalue weighted by Gasteiger charge is 2.19. The van der Waals surface area contributed by atoms with Gasteiger partial charge in [-0.3, -0.25) is 10.1 Å². The van der Waals surface area contributed by atoms with Gasteiger partial charge in [0.05, 0.1) is 21.6 Å². The lowest BCUT2D eigenvalue weighted by atomic mass is 10.2. The number of hydrogen-bond donors (Lipinski definition) is 0. The zero-order valence-corrected chi connectivity index (χ0v) is 12.6. The summed E-state index contributed by atoms with van der Waals surface area (Å²) in [6.45, 7) is 3.59. The maximum Gasteiger partial charge on any atom is 0.283 e. The Morgan fingerprint density at radius 2 is 2.05 bits per heavy atom. The summed E-state index contributed by atoms with van der Waals surface area (Å²) in [7, 11) is 0. The predicted octanol–water partition coefficient (Wildman–Crippen LogP) is 4.01. The number of benzene rings is 1. The topological polar surface area (TPSA) is 95.2 Å². The molecule has 0 aliphatic carbocycles. The van der Waals surface area contributed by atoms with E-state index in [0.717, 1.165) is 17.3 Å². The van der Waals surface area contributed by atoms with Crippen molar-refractivity contribution in [3.63, 3.8) is 0 Å². The molecule has 2 aromatic heterocycles. The zero-order chi connectivity index (χ0) is 15.7. The molecule has 3 rings (SSSR count). The molecule has 8 heteroatoms. The Balaban J connectivity index is 1.90. The van der Waals surface area contributed by atoms with Crippen molar-refractivity contribution in [2.45, 2.75) is 24.0 Å². The van der Waals surface area contributed by atoms with Gasteiger partial charge in [-0.05, 0) is 43.3 Å². The van der Waals surface area contributed by atoms with Crippen LogP contribution in [0, 0.1) is 24.0 Å². The van der Waals surface area contributed by atoms with E-state index in [1.807, 2.05) is 0 Å². The molecule has 112 valence electrons. The highest BCUT2D eigenvalue weighted by molar-refractivity contribution is 7.99. The van der Waals surface area contributed by atoms with Crippen LogP contribution in [-0.2, 0) is 0 Å². The van der Waals surface area contributed by atoms with Crippen molar-refractivity contribution in [3.8, 4) is 11.5 Å². The Hall–Kier alpha value is -2.61. The number of nitro benzene ring substituents is 1. The van der Waals surface area contributed by atoms with E-state index >= 15 is 0 Å². The monoisotopic (exact) mass is 317 g/mol. The van der Waals surface area contributed by atoms with Crippen LogP contribution in [0.25, 0.3) is 11.5 Å². The number of nitrogens with zero attached hydrogens (tertiary/aromatic N) is 3. The van der Waals surface area contributed by atoms with Gasteiger partial charge >= 0.3 is 0 Å². The smallest absolute Gasteiger partial charge is 0.283 e. The average Bonchev–Trinajstić information content (AvgIpc) is 3.09. The first kappa shape index (κ1) is 14.3. The lowest BCUT2D eigenvalue weighted by molar-refractivity contribution is -0.387. The minimum absolute atomic E-state index is 0.0178. The molecule has 1 aromatic carbocycles. The van der Waals surface area contributed by atoms with Gasteiger partial charge in [-0.2, -0.15) is 0 Å². The predicted molar refractivity (Wildman–Crippen MR) is 78.7 cm³/mol. The van der Waals surface area contributed by atoms with Gasteiger partial charge in [-0.1, -0.05) is 6.07 Å². The van der Waals surface area contributed by atoms with Gasteiger partial charge in [0.15, 0.2) is 0 Å². The second-order valence-corrected chi connectivity index (χ2v) is 5.59. The normalized spacial score (nSPS) is 10.8. The number of hydrogen-bond acceptors (Lipinski definition) is 7. The second kappa shape index (κ2) is 5.64. The van der Waals surface area contributed by atoms with Crippen molar-refractivity contribution in [2.75, 3.05) is 0 Å².